The number of piperazine rings is 1. The number of aromatic nitrogens is 5. The molecule has 1 aliphatic heterocycles. The van der Waals surface area contributed by atoms with E-state index in [1.807, 2.05) is 32.0 Å². The van der Waals surface area contributed by atoms with Crippen LogP contribution in [0.4, 0.5) is 31.8 Å². The lowest BCUT2D eigenvalue weighted by Gasteiger charge is -2.32. The van der Waals surface area contributed by atoms with Gasteiger partial charge in [-0.1, -0.05) is 6.07 Å². The van der Waals surface area contributed by atoms with Crippen molar-refractivity contribution in [3.63, 3.8) is 0 Å². The highest BCUT2D eigenvalue weighted by molar-refractivity contribution is 6.04. The summed E-state index contributed by atoms with van der Waals surface area (Å²) in [5.41, 5.74) is 5.90. The lowest BCUT2D eigenvalue weighted by molar-refractivity contribution is 0.0127. The maximum Gasteiger partial charge on any atom is 0.286 e. The number of nitrogens with zero attached hydrogens (tertiary/aromatic N) is 7. The van der Waals surface area contributed by atoms with Crippen LogP contribution in [0.5, 0.6) is 0 Å². The Balaban J connectivity index is 1.34. The molecule has 11 nitrogen and oxygen atoms in total. The average molecular weight is 563 g/mol. The number of hydrogen-bond donors (Lipinski definition) is 3. The Morgan fingerprint density at radius 2 is 1.76 bits per heavy atom. The molecule has 1 fully saturated rings. The van der Waals surface area contributed by atoms with Crippen molar-refractivity contribution in [3.05, 3.63) is 77.5 Å². The van der Waals surface area contributed by atoms with E-state index >= 15 is 0 Å². The van der Waals surface area contributed by atoms with Gasteiger partial charge in [-0.05, 0) is 50.7 Å². The van der Waals surface area contributed by atoms with Crippen LogP contribution in [0.1, 0.15) is 34.2 Å². The number of carbonyl (C=O) groups is 1. The zero-order valence-corrected chi connectivity index (χ0v) is 23.3. The molecule has 0 bridgehead atoms. The average Bonchev–Trinajstić information content (AvgIpc) is 3.31. The van der Waals surface area contributed by atoms with Crippen molar-refractivity contribution in [2.24, 2.45) is 0 Å². The molecular weight excluding hydrogens is 530 g/mol. The summed E-state index contributed by atoms with van der Waals surface area (Å²) in [5.74, 6) is -1.75. The molecule has 0 unspecified atom stereocenters. The van der Waals surface area contributed by atoms with Gasteiger partial charge < -0.3 is 21.0 Å². The van der Waals surface area contributed by atoms with Gasteiger partial charge in [0.15, 0.2) is 5.82 Å². The number of halogens is 2. The summed E-state index contributed by atoms with van der Waals surface area (Å²) in [5, 5.41) is 12.9. The van der Waals surface area contributed by atoms with Gasteiger partial charge in [0.25, 0.3) is 11.8 Å². The summed E-state index contributed by atoms with van der Waals surface area (Å²) in [6, 6.07) is 11.6. The fraction of sp³-hybridized carbons (Fsp3) is 0.321. The van der Waals surface area contributed by atoms with Crippen molar-refractivity contribution in [2.45, 2.75) is 26.7 Å². The van der Waals surface area contributed by atoms with Gasteiger partial charge in [0.05, 0.1) is 5.69 Å². The van der Waals surface area contributed by atoms with E-state index in [9.17, 15) is 13.6 Å². The van der Waals surface area contributed by atoms with Crippen LogP contribution in [-0.4, -0.2) is 73.8 Å². The van der Waals surface area contributed by atoms with Crippen molar-refractivity contribution in [2.75, 3.05) is 49.3 Å². The predicted octanol–water partition coefficient (Wildman–Crippen LogP) is 4.36. The maximum atomic E-state index is 13.7. The predicted molar refractivity (Wildman–Crippen MR) is 153 cm³/mol. The number of likely N-dealkylation sites (N-methyl/N-ethyl adjacent to an activating group) is 1. The Morgan fingerprint density at radius 3 is 2.51 bits per heavy atom. The largest absolute Gasteiger partial charge is 0.340 e. The van der Waals surface area contributed by atoms with Crippen molar-refractivity contribution in [1.29, 1.82) is 0 Å². The van der Waals surface area contributed by atoms with E-state index in [-0.39, 0.29) is 5.56 Å². The third-order valence-electron chi connectivity index (χ3n) is 6.71. The van der Waals surface area contributed by atoms with Gasteiger partial charge in [0, 0.05) is 68.4 Å². The van der Waals surface area contributed by atoms with Gasteiger partial charge >= 0.3 is 0 Å². The van der Waals surface area contributed by atoms with Crippen molar-refractivity contribution in [3.8, 4) is 5.82 Å². The monoisotopic (exact) mass is 562 g/mol. The topological polar surface area (TPSA) is 116 Å². The quantitative estimate of drug-likeness (QED) is 0.288. The van der Waals surface area contributed by atoms with Crippen molar-refractivity contribution in [1.82, 2.24) is 34.6 Å². The molecule has 1 aromatic carbocycles. The molecule has 4 heterocycles. The number of amides is 1. The molecule has 1 amide bonds. The lowest BCUT2D eigenvalue weighted by Crippen LogP contribution is -2.47. The van der Waals surface area contributed by atoms with Gasteiger partial charge in [-0.2, -0.15) is 18.6 Å². The first-order valence-electron chi connectivity index (χ1n) is 13.2. The van der Waals surface area contributed by atoms with E-state index in [0.29, 0.717) is 23.1 Å². The van der Waals surface area contributed by atoms with Gasteiger partial charge in [-0.25, -0.2) is 15.0 Å². The number of anilines is 4. The summed E-state index contributed by atoms with van der Waals surface area (Å²) in [7, 11) is 2.10. The minimum Gasteiger partial charge on any atom is -0.340 e. The van der Waals surface area contributed by atoms with E-state index in [1.165, 1.54) is 18.6 Å². The molecule has 3 N–H and O–H groups in total. The number of carbonyl (C=O) groups excluding carboxylic acids is 1. The standard InChI is InChI=1S/C28H32F2N10O/c1-18-5-6-21(34-27(41)20-7-8-31-23(14-20)28(3,29)30)15-22(18)35-26-13-19(2)36-40(26)25-16-24(32-17-33-25)37-39-11-9-38(4)10-12-39/h5-8,13-17,35H,9-12H2,1-4H3,(H,34,41)(H,32,33,37). The molecule has 0 aliphatic carbocycles. The van der Waals surface area contributed by atoms with Gasteiger partial charge in [-0.3, -0.25) is 9.78 Å². The molecule has 0 radical (unpaired) electrons. The number of benzene rings is 1. The number of aryl methyl sites for hydroxylation is 2. The zero-order valence-electron chi connectivity index (χ0n) is 23.3. The smallest absolute Gasteiger partial charge is 0.286 e. The van der Waals surface area contributed by atoms with E-state index in [0.717, 1.165) is 56.1 Å². The summed E-state index contributed by atoms with van der Waals surface area (Å²) >= 11 is 0. The normalized spacial score (nSPS) is 14.6. The van der Waals surface area contributed by atoms with Crippen LogP contribution in [0.15, 0.2) is 55.0 Å². The second-order valence-corrected chi connectivity index (χ2v) is 10.2. The maximum absolute atomic E-state index is 13.7. The zero-order chi connectivity index (χ0) is 29.1. The first-order chi connectivity index (χ1) is 19.5. The van der Waals surface area contributed by atoms with E-state index in [4.69, 9.17) is 0 Å². The highest BCUT2D eigenvalue weighted by Gasteiger charge is 2.27. The van der Waals surface area contributed by atoms with Gasteiger partial charge in [0.1, 0.15) is 23.7 Å². The number of nitrogens with one attached hydrogen (secondary N) is 3. The molecule has 1 aliphatic rings. The summed E-state index contributed by atoms with van der Waals surface area (Å²) in [6.45, 7) is 8.25. The summed E-state index contributed by atoms with van der Waals surface area (Å²) < 4.78 is 29.1. The highest BCUT2D eigenvalue weighted by atomic mass is 19.3. The molecule has 41 heavy (non-hydrogen) atoms. The van der Waals surface area contributed by atoms with Gasteiger partial charge in [-0.15, -0.1) is 0 Å². The van der Waals surface area contributed by atoms with E-state index in [2.05, 4.69) is 53.1 Å². The Bertz CT molecular complexity index is 1540. The van der Waals surface area contributed by atoms with Gasteiger partial charge in [0.2, 0.25) is 0 Å². The van der Waals surface area contributed by atoms with Crippen molar-refractivity contribution >= 4 is 28.9 Å². The first-order valence-corrected chi connectivity index (χ1v) is 13.2. The van der Waals surface area contributed by atoms with Crippen LogP contribution >= 0.6 is 0 Å². The number of rotatable bonds is 8. The Hall–Kier alpha value is -4.49. The van der Waals surface area contributed by atoms with E-state index < -0.39 is 17.5 Å². The Morgan fingerprint density at radius 1 is 0.976 bits per heavy atom. The third kappa shape index (κ3) is 6.81. The fourth-order valence-electron chi connectivity index (χ4n) is 4.35. The SMILES string of the molecule is Cc1cc(Nc2cc(NC(=O)c3ccnc(C(C)(F)F)c3)ccc2C)n(-c2cc(NN3CCN(C)CC3)ncn2)n1. The highest BCUT2D eigenvalue weighted by Crippen LogP contribution is 2.28. The number of alkyl halides is 2. The van der Waals surface area contributed by atoms with Crippen molar-refractivity contribution < 1.29 is 13.6 Å². The minimum absolute atomic E-state index is 0.0880. The van der Waals surface area contributed by atoms with Crippen LogP contribution in [0, 0.1) is 13.8 Å². The molecule has 3 aromatic heterocycles. The molecular formula is C28H32F2N10O. The molecule has 0 saturated carbocycles. The lowest BCUT2D eigenvalue weighted by atomic mass is 10.1. The summed E-state index contributed by atoms with van der Waals surface area (Å²) in [4.78, 5) is 27.6. The molecule has 0 spiro atoms. The molecule has 0 atom stereocenters. The molecule has 13 heteroatoms. The first kappa shape index (κ1) is 28.1. The molecule has 214 valence electrons. The van der Waals surface area contributed by atoms with Crippen LogP contribution < -0.4 is 16.1 Å². The van der Waals surface area contributed by atoms with E-state index in [1.54, 1.807) is 16.8 Å². The number of pyridine rings is 1. The molecule has 1 saturated heterocycles. The Kier molecular flexibility index (Phi) is 7.90. The van der Waals surface area contributed by atoms with Crippen LogP contribution in [0.3, 0.4) is 0 Å². The summed E-state index contributed by atoms with van der Waals surface area (Å²) in [6.07, 6.45) is 2.70. The fourth-order valence-corrected chi connectivity index (χ4v) is 4.35. The molecule has 4 aromatic rings. The number of hydrazine groups is 1. The molecule has 5 rings (SSSR count). The second kappa shape index (κ2) is 11.6. The second-order valence-electron chi connectivity index (χ2n) is 10.2. The van der Waals surface area contributed by atoms with Crippen LogP contribution in [-0.2, 0) is 5.92 Å². The minimum atomic E-state index is -3.15. The third-order valence-corrected chi connectivity index (χ3v) is 6.71. The van der Waals surface area contributed by atoms with Crippen LogP contribution in [0.25, 0.3) is 5.82 Å². The Labute approximate surface area is 236 Å². The number of hydrogen-bond acceptors (Lipinski definition) is 9. The van der Waals surface area contributed by atoms with Crippen LogP contribution in [0.2, 0.25) is 0 Å².